The molecule has 6 nitrogen and oxygen atoms in total. The molecular formula is C14H17NO5. The maximum Gasteiger partial charge on any atom is 0.337 e. The third-order valence-corrected chi connectivity index (χ3v) is 3.78. The Balaban J connectivity index is 1.68. The largest absolute Gasteiger partial charge is 0.489 e. The van der Waals surface area contributed by atoms with E-state index < -0.39 is 5.97 Å². The van der Waals surface area contributed by atoms with E-state index in [9.17, 15) is 4.79 Å². The van der Waals surface area contributed by atoms with Crippen LogP contribution < -0.4 is 4.74 Å². The Morgan fingerprint density at radius 1 is 1.45 bits per heavy atom. The van der Waals surface area contributed by atoms with E-state index in [0.29, 0.717) is 19.0 Å². The molecular weight excluding hydrogens is 262 g/mol. The number of hydrogen-bond donors (Lipinski definition) is 1. The van der Waals surface area contributed by atoms with Gasteiger partial charge in [-0.05, 0) is 6.07 Å². The van der Waals surface area contributed by atoms with E-state index in [2.05, 4.69) is 4.98 Å². The van der Waals surface area contributed by atoms with Crippen molar-refractivity contribution in [2.24, 2.45) is 0 Å². The number of carboxylic acid groups (broad SMARTS) is 1. The van der Waals surface area contributed by atoms with E-state index >= 15 is 0 Å². The Hall–Kier alpha value is -1.66. The molecule has 3 rings (SSSR count). The molecule has 108 valence electrons. The standard InChI is InChI=1S/C14H17NO5/c16-13(17)10-5-12(8-15-7-10)20-11-1-3-19-14(6-11)2-4-18-9-14/h5,7-8,11H,1-4,6,9H2,(H,16,17). The maximum absolute atomic E-state index is 10.9. The molecule has 0 radical (unpaired) electrons. The summed E-state index contributed by atoms with van der Waals surface area (Å²) in [6.45, 7) is 1.98. The van der Waals surface area contributed by atoms with Crippen LogP contribution in [0.4, 0.5) is 0 Å². The van der Waals surface area contributed by atoms with Gasteiger partial charge in [-0.25, -0.2) is 4.79 Å². The van der Waals surface area contributed by atoms with Crippen LogP contribution in [0.3, 0.4) is 0 Å². The number of aromatic nitrogens is 1. The van der Waals surface area contributed by atoms with Crippen LogP contribution >= 0.6 is 0 Å². The molecule has 0 amide bonds. The Kier molecular flexibility index (Phi) is 3.58. The number of carbonyl (C=O) groups is 1. The molecule has 0 aromatic carbocycles. The number of carboxylic acids is 1. The van der Waals surface area contributed by atoms with Crippen LogP contribution in [-0.4, -0.2) is 47.6 Å². The predicted molar refractivity (Wildman–Crippen MR) is 69.0 cm³/mol. The van der Waals surface area contributed by atoms with Gasteiger partial charge in [0.15, 0.2) is 0 Å². The molecule has 2 atom stereocenters. The number of hydrogen-bond acceptors (Lipinski definition) is 5. The van der Waals surface area contributed by atoms with E-state index in [4.69, 9.17) is 19.3 Å². The van der Waals surface area contributed by atoms with Gasteiger partial charge in [0.05, 0.1) is 30.6 Å². The van der Waals surface area contributed by atoms with Crippen molar-refractivity contribution in [1.29, 1.82) is 0 Å². The second kappa shape index (κ2) is 5.38. The third kappa shape index (κ3) is 2.76. The Bertz CT molecular complexity index is 498. The fraction of sp³-hybridized carbons (Fsp3) is 0.571. The maximum atomic E-state index is 10.9. The zero-order valence-corrected chi connectivity index (χ0v) is 11.1. The lowest BCUT2D eigenvalue weighted by molar-refractivity contribution is -0.112. The molecule has 3 heterocycles. The van der Waals surface area contributed by atoms with E-state index in [0.717, 1.165) is 25.9 Å². The van der Waals surface area contributed by atoms with Crippen LogP contribution in [0.5, 0.6) is 5.75 Å². The highest BCUT2D eigenvalue weighted by Gasteiger charge is 2.41. The van der Waals surface area contributed by atoms with Crippen molar-refractivity contribution in [3.05, 3.63) is 24.0 Å². The van der Waals surface area contributed by atoms with Crippen LogP contribution in [0.15, 0.2) is 18.5 Å². The molecule has 0 bridgehead atoms. The molecule has 1 spiro atoms. The molecule has 2 fully saturated rings. The SMILES string of the molecule is O=C(O)c1cncc(OC2CCOC3(CCOC3)C2)c1. The van der Waals surface area contributed by atoms with Gasteiger partial charge in [-0.1, -0.05) is 0 Å². The number of nitrogens with zero attached hydrogens (tertiary/aromatic N) is 1. The van der Waals surface area contributed by atoms with Gasteiger partial charge < -0.3 is 19.3 Å². The monoisotopic (exact) mass is 279 g/mol. The molecule has 20 heavy (non-hydrogen) atoms. The van der Waals surface area contributed by atoms with Gasteiger partial charge >= 0.3 is 5.97 Å². The number of ether oxygens (including phenoxy) is 3. The molecule has 1 N–H and O–H groups in total. The minimum absolute atomic E-state index is 0.0105. The summed E-state index contributed by atoms with van der Waals surface area (Å²) in [6.07, 6.45) is 5.31. The second-order valence-corrected chi connectivity index (χ2v) is 5.28. The topological polar surface area (TPSA) is 77.9 Å². The summed E-state index contributed by atoms with van der Waals surface area (Å²) in [5.74, 6) is -0.513. The molecule has 2 aliphatic rings. The summed E-state index contributed by atoms with van der Waals surface area (Å²) in [7, 11) is 0. The van der Waals surface area contributed by atoms with Gasteiger partial charge in [0, 0.05) is 32.1 Å². The van der Waals surface area contributed by atoms with Crippen molar-refractivity contribution in [3.8, 4) is 5.75 Å². The first-order valence-corrected chi connectivity index (χ1v) is 6.74. The highest BCUT2D eigenvalue weighted by atomic mass is 16.6. The minimum Gasteiger partial charge on any atom is -0.489 e. The lowest BCUT2D eigenvalue weighted by Crippen LogP contribution is -2.44. The molecule has 1 aromatic rings. The van der Waals surface area contributed by atoms with Crippen molar-refractivity contribution >= 4 is 5.97 Å². The van der Waals surface area contributed by atoms with Crippen molar-refractivity contribution < 1.29 is 24.1 Å². The first-order chi connectivity index (χ1) is 9.67. The summed E-state index contributed by atoms with van der Waals surface area (Å²) in [5.41, 5.74) is -0.0886. The highest BCUT2D eigenvalue weighted by molar-refractivity contribution is 5.87. The van der Waals surface area contributed by atoms with Crippen molar-refractivity contribution in [3.63, 3.8) is 0 Å². The lowest BCUT2D eigenvalue weighted by Gasteiger charge is -2.36. The quantitative estimate of drug-likeness (QED) is 0.903. The average Bonchev–Trinajstić information content (AvgIpc) is 2.87. The second-order valence-electron chi connectivity index (χ2n) is 5.28. The Morgan fingerprint density at radius 2 is 2.35 bits per heavy atom. The minimum atomic E-state index is -1.00. The summed E-state index contributed by atoms with van der Waals surface area (Å²) in [6, 6.07) is 1.50. The van der Waals surface area contributed by atoms with E-state index in [1.807, 2.05) is 0 Å². The first-order valence-electron chi connectivity index (χ1n) is 6.74. The summed E-state index contributed by atoms with van der Waals surface area (Å²) in [4.78, 5) is 14.8. The average molecular weight is 279 g/mol. The van der Waals surface area contributed by atoms with Crippen LogP contribution in [0.1, 0.15) is 29.6 Å². The van der Waals surface area contributed by atoms with Gasteiger partial charge in [0.2, 0.25) is 0 Å². The molecule has 2 saturated heterocycles. The molecule has 0 saturated carbocycles. The number of rotatable bonds is 3. The van der Waals surface area contributed by atoms with Gasteiger partial charge in [0.25, 0.3) is 0 Å². The fourth-order valence-corrected chi connectivity index (χ4v) is 2.74. The molecule has 2 unspecified atom stereocenters. The number of aromatic carboxylic acids is 1. The first kappa shape index (κ1) is 13.3. The third-order valence-electron chi connectivity index (χ3n) is 3.78. The van der Waals surface area contributed by atoms with Crippen molar-refractivity contribution in [2.45, 2.75) is 31.0 Å². The van der Waals surface area contributed by atoms with Crippen molar-refractivity contribution in [2.75, 3.05) is 19.8 Å². The molecule has 6 heteroatoms. The predicted octanol–water partition coefficient (Wildman–Crippen LogP) is 1.50. The van der Waals surface area contributed by atoms with Crippen LogP contribution in [0, 0.1) is 0 Å². The Morgan fingerprint density at radius 3 is 3.10 bits per heavy atom. The van der Waals surface area contributed by atoms with Gasteiger partial charge in [-0.15, -0.1) is 0 Å². The highest BCUT2D eigenvalue weighted by Crippen LogP contribution is 2.34. The van der Waals surface area contributed by atoms with E-state index in [-0.39, 0.29) is 17.3 Å². The van der Waals surface area contributed by atoms with Gasteiger partial charge in [0.1, 0.15) is 11.9 Å². The van der Waals surface area contributed by atoms with Gasteiger partial charge in [-0.2, -0.15) is 0 Å². The zero-order valence-electron chi connectivity index (χ0n) is 11.1. The zero-order chi connectivity index (χ0) is 14.0. The number of pyridine rings is 1. The summed E-state index contributed by atoms with van der Waals surface area (Å²) >= 11 is 0. The normalized spacial score (nSPS) is 29.5. The molecule has 2 aliphatic heterocycles. The molecule has 1 aromatic heterocycles. The van der Waals surface area contributed by atoms with E-state index in [1.165, 1.54) is 12.3 Å². The van der Waals surface area contributed by atoms with Crippen LogP contribution in [0.2, 0.25) is 0 Å². The smallest absolute Gasteiger partial charge is 0.337 e. The van der Waals surface area contributed by atoms with Crippen LogP contribution in [0.25, 0.3) is 0 Å². The van der Waals surface area contributed by atoms with E-state index in [1.54, 1.807) is 6.20 Å². The fourth-order valence-electron chi connectivity index (χ4n) is 2.74. The Labute approximate surface area is 116 Å². The van der Waals surface area contributed by atoms with Gasteiger partial charge in [-0.3, -0.25) is 4.98 Å². The molecule has 0 aliphatic carbocycles. The summed E-state index contributed by atoms with van der Waals surface area (Å²) < 4.78 is 17.1. The summed E-state index contributed by atoms with van der Waals surface area (Å²) in [5, 5.41) is 8.95. The lowest BCUT2D eigenvalue weighted by atomic mass is 9.91. The van der Waals surface area contributed by atoms with Crippen molar-refractivity contribution in [1.82, 2.24) is 4.98 Å². The van der Waals surface area contributed by atoms with Crippen LogP contribution in [-0.2, 0) is 9.47 Å².